The summed E-state index contributed by atoms with van der Waals surface area (Å²) in [5, 5.41) is 0.434. The summed E-state index contributed by atoms with van der Waals surface area (Å²) in [4.78, 5) is 2.09. The molecule has 0 aromatic heterocycles. The molecule has 23 heavy (non-hydrogen) atoms. The largest absolute Gasteiger partial charge is 0.300 e. The molecule has 6 heteroatoms. The van der Waals surface area contributed by atoms with E-state index in [2.05, 4.69) is 17.0 Å². The van der Waals surface area contributed by atoms with Gasteiger partial charge in [-0.25, -0.2) is 8.42 Å². The zero-order valence-corrected chi connectivity index (χ0v) is 14.9. The number of halogens is 1. The van der Waals surface area contributed by atoms with E-state index in [1.165, 1.54) is 16.1 Å². The number of benzene rings is 2. The van der Waals surface area contributed by atoms with Gasteiger partial charge in [-0.3, -0.25) is 4.31 Å². The highest BCUT2D eigenvalue weighted by atomic mass is 35.5. The number of rotatable bonds is 7. The van der Waals surface area contributed by atoms with Gasteiger partial charge < -0.3 is 4.90 Å². The molecule has 0 spiro atoms. The number of likely N-dealkylation sites (N-methyl/N-ethyl adjacent to an activating group) is 1. The topological polar surface area (TPSA) is 40.6 Å². The fourth-order valence-electron chi connectivity index (χ4n) is 2.35. The van der Waals surface area contributed by atoms with E-state index < -0.39 is 10.0 Å². The first-order valence-corrected chi connectivity index (χ1v) is 9.55. The first kappa shape index (κ1) is 17.8. The zero-order chi connectivity index (χ0) is 16.9. The minimum absolute atomic E-state index is 0.353. The highest BCUT2D eigenvalue weighted by molar-refractivity contribution is 7.92. The van der Waals surface area contributed by atoms with E-state index in [-0.39, 0.29) is 0 Å². The Hall–Kier alpha value is -1.56. The first-order chi connectivity index (χ1) is 10.9. The summed E-state index contributed by atoms with van der Waals surface area (Å²) in [5.74, 6) is 0. The lowest BCUT2D eigenvalue weighted by atomic mass is 10.2. The van der Waals surface area contributed by atoms with Crippen LogP contribution in [0.15, 0.2) is 54.6 Å². The van der Waals surface area contributed by atoms with Crippen molar-refractivity contribution in [3.8, 4) is 0 Å². The number of para-hydroxylation sites is 1. The summed E-state index contributed by atoms with van der Waals surface area (Å²) >= 11 is 6.15. The molecule has 0 N–H and O–H groups in total. The van der Waals surface area contributed by atoms with Crippen LogP contribution in [0.2, 0.25) is 5.02 Å². The van der Waals surface area contributed by atoms with Gasteiger partial charge in [0.05, 0.1) is 17.0 Å². The minimum Gasteiger partial charge on any atom is -0.300 e. The zero-order valence-electron chi connectivity index (χ0n) is 13.3. The van der Waals surface area contributed by atoms with E-state index in [4.69, 9.17) is 11.6 Å². The molecular formula is C17H21ClN2O2S. The summed E-state index contributed by atoms with van der Waals surface area (Å²) in [6.45, 7) is 1.72. The Bertz CT molecular complexity index is 735. The predicted octanol–water partition coefficient (Wildman–Crippen LogP) is 3.24. The number of hydrogen-bond acceptors (Lipinski definition) is 3. The van der Waals surface area contributed by atoms with Gasteiger partial charge in [-0.1, -0.05) is 54.1 Å². The van der Waals surface area contributed by atoms with E-state index in [0.29, 0.717) is 23.8 Å². The van der Waals surface area contributed by atoms with Gasteiger partial charge in [0.25, 0.3) is 0 Å². The van der Waals surface area contributed by atoms with Crippen LogP contribution >= 0.6 is 11.6 Å². The van der Waals surface area contributed by atoms with Crippen LogP contribution in [-0.2, 0) is 16.6 Å². The third kappa shape index (κ3) is 5.23. The fourth-order valence-corrected chi connectivity index (χ4v) is 3.57. The maximum absolute atomic E-state index is 12.1. The third-order valence-corrected chi connectivity index (χ3v) is 5.00. The van der Waals surface area contributed by atoms with E-state index in [1.54, 1.807) is 24.3 Å². The molecule has 0 heterocycles. The summed E-state index contributed by atoms with van der Waals surface area (Å²) in [7, 11) is -1.41. The highest BCUT2D eigenvalue weighted by Gasteiger charge is 2.19. The van der Waals surface area contributed by atoms with Crippen molar-refractivity contribution >= 4 is 27.3 Å². The molecule has 0 aliphatic carbocycles. The minimum atomic E-state index is -3.39. The normalized spacial score (nSPS) is 11.7. The van der Waals surface area contributed by atoms with Crippen molar-refractivity contribution in [2.24, 2.45) is 0 Å². The van der Waals surface area contributed by atoms with Crippen molar-refractivity contribution in [2.75, 3.05) is 30.7 Å². The van der Waals surface area contributed by atoms with Crippen LogP contribution in [-0.4, -0.2) is 39.7 Å². The standard InChI is InChI=1S/C17H21ClN2O2S/c1-19(14-15-8-4-3-5-9-15)12-13-20(23(2,21)22)17-11-7-6-10-16(17)18/h3-11H,12-14H2,1-2H3. The molecule has 0 saturated carbocycles. The van der Waals surface area contributed by atoms with Crippen LogP contribution in [0.25, 0.3) is 0 Å². The van der Waals surface area contributed by atoms with Gasteiger partial charge in [0.2, 0.25) is 10.0 Å². The van der Waals surface area contributed by atoms with Crippen LogP contribution in [0, 0.1) is 0 Å². The van der Waals surface area contributed by atoms with Gasteiger partial charge in [0.1, 0.15) is 0 Å². The number of hydrogen-bond donors (Lipinski definition) is 0. The lowest BCUT2D eigenvalue weighted by Gasteiger charge is -2.26. The Kier molecular flexibility index (Phi) is 6.04. The Morgan fingerprint density at radius 2 is 1.57 bits per heavy atom. The summed E-state index contributed by atoms with van der Waals surface area (Å²) in [6.07, 6.45) is 1.20. The highest BCUT2D eigenvalue weighted by Crippen LogP contribution is 2.26. The fraction of sp³-hybridized carbons (Fsp3) is 0.294. The molecule has 4 nitrogen and oxygen atoms in total. The van der Waals surface area contributed by atoms with Crippen LogP contribution in [0.5, 0.6) is 0 Å². The second-order valence-electron chi connectivity index (χ2n) is 5.51. The molecular weight excluding hydrogens is 332 g/mol. The second-order valence-corrected chi connectivity index (χ2v) is 7.82. The van der Waals surface area contributed by atoms with Crippen molar-refractivity contribution in [1.82, 2.24) is 4.90 Å². The number of anilines is 1. The maximum atomic E-state index is 12.1. The van der Waals surface area contributed by atoms with Crippen molar-refractivity contribution in [3.05, 3.63) is 65.2 Å². The van der Waals surface area contributed by atoms with Crippen molar-refractivity contribution in [1.29, 1.82) is 0 Å². The molecule has 2 aromatic carbocycles. The van der Waals surface area contributed by atoms with Gasteiger partial charge in [-0.15, -0.1) is 0 Å². The van der Waals surface area contributed by atoms with Crippen molar-refractivity contribution in [3.63, 3.8) is 0 Å². The lowest BCUT2D eigenvalue weighted by molar-refractivity contribution is 0.336. The molecule has 124 valence electrons. The van der Waals surface area contributed by atoms with Gasteiger partial charge in [-0.2, -0.15) is 0 Å². The molecule has 0 radical (unpaired) electrons. The first-order valence-electron chi connectivity index (χ1n) is 7.32. The molecule has 0 saturated heterocycles. The molecule has 2 rings (SSSR count). The van der Waals surface area contributed by atoms with Gasteiger partial charge in [-0.05, 0) is 24.7 Å². The van der Waals surface area contributed by atoms with Crippen LogP contribution in [0.4, 0.5) is 5.69 Å². The Balaban J connectivity index is 2.06. The third-order valence-electron chi connectivity index (χ3n) is 3.50. The van der Waals surface area contributed by atoms with Crippen LogP contribution < -0.4 is 4.31 Å². The molecule has 2 aromatic rings. The SMILES string of the molecule is CN(CCN(c1ccccc1Cl)S(C)(=O)=O)Cc1ccccc1. The average Bonchev–Trinajstić information content (AvgIpc) is 2.49. The van der Waals surface area contributed by atoms with Gasteiger partial charge in [0.15, 0.2) is 0 Å². The molecule has 0 aliphatic heterocycles. The van der Waals surface area contributed by atoms with E-state index in [1.807, 2.05) is 25.2 Å². The Morgan fingerprint density at radius 1 is 0.957 bits per heavy atom. The van der Waals surface area contributed by atoms with Gasteiger partial charge in [0, 0.05) is 19.6 Å². The van der Waals surface area contributed by atoms with E-state index >= 15 is 0 Å². The Morgan fingerprint density at radius 3 is 2.17 bits per heavy atom. The molecule has 0 bridgehead atoms. The molecule has 0 atom stereocenters. The van der Waals surface area contributed by atoms with Crippen LogP contribution in [0.1, 0.15) is 5.56 Å². The maximum Gasteiger partial charge on any atom is 0.232 e. The summed E-state index contributed by atoms with van der Waals surface area (Å²) < 4.78 is 25.6. The van der Waals surface area contributed by atoms with E-state index in [0.717, 1.165) is 6.54 Å². The monoisotopic (exact) mass is 352 g/mol. The number of sulfonamides is 1. The lowest BCUT2D eigenvalue weighted by Crippen LogP contribution is -2.37. The quantitative estimate of drug-likeness (QED) is 0.768. The molecule has 0 amide bonds. The molecule has 0 unspecified atom stereocenters. The van der Waals surface area contributed by atoms with E-state index in [9.17, 15) is 8.42 Å². The van der Waals surface area contributed by atoms with Crippen LogP contribution in [0.3, 0.4) is 0 Å². The molecule has 0 fully saturated rings. The predicted molar refractivity (Wildman–Crippen MR) is 96.4 cm³/mol. The van der Waals surface area contributed by atoms with Gasteiger partial charge >= 0.3 is 0 Å². The Labute approximate surface area is 143 Å². The summed E-state index contributed by atoms with van der Waals surface area (Å²) in [6, 6.07) is 17.1. The summed E-state index contributed by atoms with van der Waals surface area (Å²) in [5.41, 5.74) is 1.71. The molecule has 0 aliphatic rings. The van der Waals surface area contributed by atoms with Crippen molar-refractivity contribution in [2.45, 2.75) is 6.54 Å². The number of nitrogens with zero attached hydrogens (tertiary/aromatic N) is 2. The second kappa shape index (κ2) is 7.81. The smallest absolute Gasteiger partial charge is 0.232 e. The average molecular weight is 353 g/mol. The van der Waals surface area contributed by atoms with Crippen molar-refractivity contribution < 1.29 is 8.42 Å².